The van der Waals surface area contributed by atoms with Gasteiger partial charge >= 0.3 is 0 Å². The van der Waals surface area contributed by atoms with Crippen LogP contribution in [0, 0.1) is 0 Å². The Morgan fingerprint density at radius 3 is 2.08 bits per heavy atom. The number of rotatable bonds is 7. The monoisotopic (exact) mass is 372 g/mol. The topological polar surface area (TPSA) is 49.4 Å². The van der Waals surface area contributed by atoms with Gasteiger partial charge in [0, 0.05) is 36.3 Å². The van der Waals surface area contributed by atoms with Gasteiger partial charge in [-0.15, -0.1) is 0 Å². The molecule has 26 heavy (non-hydrogen) atoms. The van der Waals surface area contributed by atoms with Gasteiger partial charge in [-0.25, -0.2) is 0 Å². The smallest absolute Gasteiger partial charge is 0.226 e. The molecule has 0 aliphatic rings. The number of nitrogens with zero attached hydrogens (tertiary/aromatic N) is 1. The van der Waals surface area contributed by atoms with Gasteiger partial charge in [-0.05, 0) is 48.2 Å². The molecule has 2 aromatic carbocycles. The van der Waals surface area contributed by atoms with Crippen LogP contribution in [0.3, 0.4) is 0 Å². The molecular formula is C21H25ClN2O2. The minimum Gasteiger partial charge on any atom is -0.326 e. The van der Waals surface area contributed by atoms with Crippen molar-refractivity contribution >= 4 is 34.8 Å². The molecule has 0 aliphatic heterocycles. The zero-order chi connectivity index (χ0) is 19.1. The first-order chi connectivity index (χ1) is 12.5. The van der Waals surface area contributed by atoms with Crippen LogP contribution in [0.1, 0.15) is 38.3 Å². The zero-order valence-electron chi connectivity index (χ0n) is 15.5. The van der Waals surface area contributed by atoms with Crippen LogP contribution < -0.4 is 10.2 Å². The van der Waals surface area contributed by atoms with Crippen molar-refractivity contribution in [3.63, 3.8) is 0 Å². The minimum absolute atomic E-state index is 0.0557. The Balaban J connectivity index is 2.13. The molecule has 2 rings (SSSR count). The predicted octanol–water partition coefficient (Wildman–Crippen LogP) is 4.85. The highest BCUT2D eigenvalue weighted by Gasteiger charge is 2.19. The lowest BCUT2D eigenvalue weighted by Crippen LogP contribution is -2.33. The van der Waals surface area contributed by atoms with Gasteiger partial charge in [0.25, 0.3) is 0 Å². The zero-order valence-corrected chi connectivity index (χ0v) is 16.3. The number of hydrogen-bond donors (Lipinski definition) is 1. The molecule has 2 aromatic rings. The molecule has 138 valence electrons. The molecule has 2 amide bonds. The maximum atomic E-state index is 12.3. The van der Waals surface area contributed by atoms with E-state index < -0.39 is 0 Å². The molecule has 0 saturated heterocycles. The minimum atomic E-state index is -0.134. The first-order valence-electron chi connectivity index (χ1n) is 8.90. The van der Waals surface area contributed by atoms with Gasteiger partial charge in [0.1, 0.15) is 0 Å². The molecule has 0 radical (unpaired) electrons. The highest BCUT2D eigenvalue weighted by atomic mass is 35.5. The highest BCUT2D eigenvalue weighted by molar-refractivity contribution is 6.30. The number of carbonyl (C=O) groups excluding carboxylic acids is 2. The molecule has 0 saturated carbocycles. The molecule has 5 heteroatoms. The summed E-state index contributed by atoms with van der Waals surface area (Å²) in [4.78, 5) is 26.3. The number of hydrogen-bond acceptors (Lipinski definition) is 2. The standard InChI is InChI=1S/C21H25ClN2O2/c1-4-16-7-6-8-17(5-2)21(16)24(15(3)25)14-13-20(26)23-19-11-9-18(22)10-12-19/h6-12H,4-5,13-14H2,1-3H3,(H,23,26). The lowest BCUT2D eigenvalue weighted by atomic mass is 10.0. The van der Waals surface area contributed by atoms with E-state index in [4.69, 9.17) is 11.6 Å². The van der Waals surface area contributed by atoms with Crippen LogP contribution in [0.2, 0.25) is 5.02 Å². The van der Waals surface area contributed by atoms with E-state index in [9.17, 15) is 9.59 Å². The van der Waals surface area contributed by atoms with Crippen molar-refractivity contribution in [2.45, 2.75) is 40.0 Å². The maximum absolute atomic E-state index is 12.3. The molecule has 1 N–H and O–H groups in total. The molecule has 0 bridgehead atoms. The van der Waals surface area contributed by atoms with Crippen molar-refractivity contribution in [2.24, 2.45) is 0 Å². The number of anilines is 2. The molecule has 0 fully saturated rings. The van der Waals surface area contributed by atoms with E-state index in [1.165, 1.54) is 0 Å². The summed E-state index contributed by atoms with van der Waals surface area (Å²) in [5.41, 5.74) is 3.89. The Bertz CT molecular complexity index is 750. The van der Waals surface area contributed by atoms with Crippen LogP contribution in [-0.4, -0.2) is 18.4 Å². The summed E-state index contributed by atoms with van der Waals surface area (Å²) in [5, 5.41) is 3.46. The van der Waals surface area contributed by atoms with E-state index in [0.29, 0.717) is 17.3 Å². The summed E-state index contributed by atoms with van der Waals surface area (Å²) in [6.07, 6.45) is 1.90. The lowest BCUT2D eigenvalue weighted by Gasteiger charge is -2.26. The van der Waals surface area contributed by atoms with Crippen LogP contribution in [0.5, 0.6) is 0 Å². The van der Waals surface area contributed by atoms with Gasteiger partial charge in [0.05, 0.1) is 0 Å². The average molecular weight is 373 g/mol. The van der Waals surface area contributed by atoms with E-state index in [1.54, 1.807) is 36.1 Å². The predicted molar refractivity (Wildman–Crippen MR) is 108 cm³/mol. The average Bonchev–Trinajstić information content (AvgIpc) is 2.63. The summed E-state index contributed by atoms with van der Waals surface area (Å²) in [5.74, 6) is -0.189. The van der Waals surface area contributed by atoms with Crippen LogP contribution >= 0.6 is 11.6 Å². The number of amides is 2. The fourth-order valence-electron chi connectivity index (χ4n) is 2.96. The van der Waals surface area contributed by atoms with Gasteiger partial charge in [-0.1, -0.05) is 43.6 Å². The number of halogens is 1. The maximum Gasteiger partial charge on any atom is 0.226 e. The highest BCUT2D eigenvalue weighted by Crippen LogP contribution is 2.27. The molecule has 0 aromatic heterocycles. The van der Waals surface area contributed by atoms with E-state index >= 15 is 0 Å². The fourth-order valence-corrected chi connectivity index (χ4v) is 3.08. The van der Waals surface area contributed by atoms with Crippen LogP contribution in [0.15, 0.2) is 42.5 Å². The fraction of sp³-hybridized carbons (Fsp3) is 0.333. The van der Waals surface area contributed by atoms with Crippen molar-refractivity contribution < 1.29 is 9.59 Å². The third kappa shape index (κ3) is 5.09. The van der Waals surface area contributed by atoms with Gasteiger partial charge < -0.3 is 10.2 Å². The second-order valence-corrected chi connectivity index (χ2v) is 6.54. The van der Waals surface area contributed by atoms with Crippen molar-refractivity contribution in [1.82, 2.24) is 0 Å². The van der Waals surface area contributed by atoms with E-state index in [-0.39, 0.29) is 18.2 Å². The number of benzene rings is 2. The van der Waals surface area contributed by atoms with E-state index in [0.717, 1.165) is 29.7 Å². The Labute approximate surface area is 160 Å². The van der Waals surface area contributed by atoms with Crippen LogP contribution in [0.4, 0.5) is 11.4 Å². The second-order valence-electron chi connectivity index (χ2n) is 6.11. The summed E-state index contributed by atoms with van der Waals surface area (Å²) in [7, 11) is 0. The SMILES string of the molecule is CCc1cccc(CC)c1N(CCC(=O)Nc1ccc(Cl)cc1)C(C)=O. The quantitative estimate of drug-likeness (QED) is 0.755. The first-order valence-corrected chi connectivity index (χ1v) is 9.28. The van der Waals surface area contributed by atoms with E-state index in [1.807, 2.05) is 18.2 Å². The molecule has 0 unspecified atom stereocenters. The Morgan fingerprint density at radius 1 is 1.00 bits per heavy atom. The summed E-state index contributed by atoms with van der Waals surface area (Å²) < 4.78 is 0. The first kappa shape index (κ1) is 20.0. The third-order valence-corrected chi connectivity index (χ3v) is 4.56. The van der Waals surface area contributed by atoms with Crippen molar-refractivity contribution in [1.29, 1.82) is 0 Å². The normalized spacial score (nSPS) is 10.5. The van der Waals surface area contributed by atoms with Crippen LogP contribution in [-0.2, 0) is 22.4 Å². The Morgan fingerprint density at radius 2 is 1.58 bits per heavy atom. The van der Waals surface area contributed by atoms with Crippen molar-refractivity contribution in [3.8, 4) is 0 Å². The molecule has 0 spiro atoms. The van der Waals surface area contributed by atoms with Crippen molar-refractivity contribution in [3.05, 3.63) is 58.6 Å². The molecule has 4 nitrogen and oxygen atoms in total. The molecule has 0 atom stereocenters. The van der Waals surface area contributed by atoms with Crippen molar-refractivity contribution in [2.75, 3.05) is 16.8 Å². The van der Waals surface area contributed by atoms with Gasteiger partial charge in [0.15, 0.2) is 0 Å². The van der Waals surface area contributed by atoms with Gasteiger partial charge in [0.2, 0.25) is 11.8 Å². The number of aryl methyl sites for hydroxylation is 2. The number of para-hydroxylation sites is 1. The van der Waals surface area contributed by atoms with Gasteiger partial charge in [-0.3, -0.25) is 9.59 Å². The Hall–Kier alpha value is -2.33. The van der Waals surface area contributed by atoms with Gasteiger partial charge in [-0.2, -0.15) is 0 Å². The molecular weight excluding hydrogens is 348 g/mol. The molecule has 0 heterocycles. The largest absolute Gasteiger partial charge is 0.326 e. The van der Waals surface area contributed by atoms with E-state index in [2.05, 4.69) is 19.2 Å². The number of nitrogens with one attached hydrogen (secondary N) is 1. The van der Waals surface area contributed by atoms with Crippen LogP contribution in [0.25, 0.3) is 0 Å². The summed E-state index contributed by atoms with van der Waals surface area (Å²) >= 11 is 5.85. The third-order valence-electron chi connectivity index (χ3n) is 4.31. The molecule has 0 aliphatic carbocycles. The Kier molecular flexibility index (Phi) is 7.22. The second kappa shape index (κ2) is 9.39. The summed E-state index contributed by atoms with van der Waals surface area (Å²) in [6, 6.07) is 13.1. The lowest BCUT2D eigenvalue weighted by molar-refractivity contribution is -0.117. The number of carbonyl (C=O) groups is 2. The summed E-state index contributed by atoms with van der Waals surface area (Å²) in [6.45, 7) is 6.04.